The van der Waals surface area contributed by atoms with E-state index in [-0.39, 0.29) is 0 Å². The van der Waals surface area contributed by atoms with Crippen molar-refractivity contribution in [2.24, 2.45) is 0 Å². The van der Waals surface area contributed by atoms with Crippen LogP contribution in [0.25, 0.3) is 77.2 Å². The zero-order chi connectivity index (χ0) is 38.0. The summed E-state index contributed by atoms with van der Waals surface area (Å²) in [6.07, 6.45) is 0. The molecule has 0 aliphatic carbocycles. The molecule has 0 N–H and O–H groups in total. The summed E-state index contributed by atoms with van der Waals surface area (Å²) in [7, 11) is 0. The Balaban J connectivity index is 1.19. The highest BCUT2D eigenvalue weighted by Crippen LogP contribution is 2.45. The Morgan fingerprint density at radius 2 is 0.649 bits per heavy atom. The van der Waals surface area contributed by atoms with Crippen LogP contribution in [0.1, 0.15) is 0 Å². The summed E-state index contributed by atoms with van der Waals surface area (Å²) in [4.78, 5) is 2.39. The molecule has 10 rings (SSSR count). The van der Waals surface area contributed by atoms with E-state index >= 15 is 0 Å². The fourth-order valence-corrected chi connectivity index (χ4v) is 8.23. The van der Waals surface area contributed by atoms with E-state index in [0.29, 0.717) is 0 Å². The van der Waals surface area contributed by atoms with Gasteiger partial charge in [0.15, 0.2) is 0 Å². The van der Waals surface area contributed by atoms with Crippen LogP contribution in [0.2, 0.25) is 0 Å². The first-order chi connectivity index (χ1) is 28.3. The molecule has 0 unspecified atom stereocenters. The molecule has 0 amide bonds. The van der Waals surface area contributed by atoms with E-state index in [9.17, 15) is 0 Å². The molecule has 57 heavy (non-hydrogen) atoms. The van der Waals surface area contributed by atoms with Crippen LogP contribution in [0.3, 0.4) is 0 Å². The molecule has 0 radical (unpaired) electrons. The Morgan fingerprint density at radius 1 is 0.211 bits per heavy atom. The van der Waals surface area contributed by atoms with Gasteiger partial charge in [-0.25, -0.2) is 0 Å². The second-order valence-corrected chi connectivity index (χ2v) is 14.5. The third-order valence-corrected chi connectivity index (χ3v) is 11.1. The lowest BCUT2D eigenvalue weighted by molar-refractivity contribution is 1.28. The van der Waals surface area contributed by atoms with Gasteiger partial charge in [0.25, 0.3) is 0 Å². The van der Waals surface area contributed by atoms with Crippen LogP contribution in [0, 0.1) is 0 Å². The molecule has 1 heteroatoms. The quantitative estimate of drug-likeness (QED) is 0.141. The first-order valence-electron chi connectivity index (χ1n) is 19.6. The molecule has 0 saturated carbocycles. The SMILES string of the molecule is c1ccc(-c2ccc(N(c3ccc(-c4ccccc4)cc3)c3ccc(-c4cc5ccccc5c5ccccc45)c(-c4cccc(-c5ccccc5)c4)c3)cc2)cc1. The van der Waals surface area contributed by atoms with E-state index < -0.39 is 0 Å². The van der Waals surface area contributed by atoms with Crippen molar-refractivity contribution in [1.29, 1.82) is 0 Å². The third-order valence-electron chi connectivity index (χ3n) is 11.1. The van der Waals surface area contributed by atoms with Crippen molar-refractivity contribution in [1.82, 2.24) is 0 Å². The third kappa shape index (κ3) is 6.66. The van der Waals surface area contributed by atoms with Crippen LogP contribution in [0.4, 0.5) is 17.1 Å². The second-order valence-electron chi connectivity index (χ2n) is 14.5. The number of rotatable bonds is 8. The maximum absolute atomic E-state index is 2.39. The summed E-state index contributed by atoms with van der Waals surface area (Å²) in [6, 6.07) is 85.7. The standard InChI is InChI=1S/C56H39N/c1-4-15-40(16-5-1)43-27-31-48(32-28-43)57(49-33-29-44(30-34-49)41-17-6-2-7-18-41)50-35-36-54(55(39-50)46-23-14-22-45(37-46)42-19-8-3-9-20-42)56-38-47-21-10-11-24-51(47)52-25-12-13-26-53(52)56/h1-39H. The first-order valence-corrected chi connectivity index (χ1v) is 19.6. The highest BCUT2D eigenvalue weighted by Gasteiger charge is 2.19. The Hall–Kier alpha value is -7.48. The zero-order valence-electron chi connectivity index (χ0n) is 31.5. The summed E-state index contributed by atoms with van der Waals surface area (Å²) in [6.45, 7) is 0. The molecule has 1 nitrogen and oxygen atoms in total. The van der Waals surface area contributed by atoms with Crippen LogP contribution in [0.15, 0.2) is 237 Å². The van der Waals surface area contributed by atoms with Crippen LogP contribution < -0.4 is 4.90 Å². The molecule has 0 bridgehead atoms. The first kappa shape index (κ1) is 34.0. The average molecular weight is 726 g/mol. The lowest BCUT2D eigenvalue weighted by Gasteiger charge is -2.27. The minimum atomic E-state index is 1.09. The molecule has 0 aliphatic rings. The molecule has 10 aromatic carbocycles. The monoisotopic (exact) mass is 725 g/mol. The highest BCUT2D eigenvalue weighted by molar-refractivity contribution is 6.15. The number of anilines is 3. The van der Waals surface area contributed by atoms with Crippen LogP contribution in [-0.2, 0) is 0 Å². The average Bonchev–Trinajstić information content (AvgIpc) is 3.30. The van der Waals surface area contributed by atoms with E-state index in [1.165, 1.54) is 77.2 Å². The predicted octanol–water partition coefficient (Wildman–Crippen LogP) is 15.8. The largest absolute Gasteiger partial charge is 0.310 e. The van der Waals surface area contributed by atoms with Gasteiger partial charge in [-0.15, -0.1) is 0 Å². The van der Waals surface area contributed by atoms with Crippen molar-refractivity contribution in [2.75, 3.05) is 4.90 Å². The molecule has 0 aromatic heterocycles. The van der Waals surface area contributed by atoms with Gasteiger partial charge in [-0.05, 0) is 126 Å². The molecule has 0 spiro atoms. The Labute approximate surface area is 334 Å². The van der Waals surface area contributed by atoms with Gasteiger partial charge in [0.1, 0.15) is 0 Å². The molecule has 0 atom stereocenters. The molecule has 0 fully saturated rings. The highest BCUT2D eigenvalue weighted by atomic mass is 15.1. The van der Waals surface area contributed by atoms with Gasteiger partial charge < -0.3 is 4.90 Å². The van der Waals surface area contributed by atoms with Crippen molar-refractivity contribution in [3.8, 4) is 55.6 Å². The smallest absolute Gasteiger partial charge is 0.0468 e. The van der Waals surface area contributed by atoms with Crippen molar-refractivity contribution in [3.63, 3.8) is 0 Å². The summed E-state index contributed by atoms with van der Waals surface area (Å²) < 4.78 is 0. The van der Waals surface area contributed by atoms with Crippen LogP contribution in [-0.4, -0.2) is 0 Å². The number of nitrogens with zero attached hydrogens (tertiary/aromatic N) is 1. The Morgan fingerprint density at radius 3 is 1.25 bits per heavy atom. The number of hydrogen-bond donors (Lipinski definition) is 0. The molecule has 10 aromatic rings. The second kappa shape index (κ2) is 15.0. The lowest BCUT2D eigenvalue weighted by atomic mass is 9.88. The van der Waals surface area contributed by atoms with E-state index in [1.807, 2.05) is 0 Å². The van der Waals surface area contributed by atoms with Gasteiger partial charge in [0.05, 0.1) is 0 Å². The fraction of sp³-hybridized carbons (Fsp3) is 0. The maximum Gasteiger partial charge on any atom is 0.0468 e. The summed E-state index contributed by atoms with van der Waals surface area (Å²) in [5.41, 5.74) is 15.2. The van der Waals surface area contributed by atoms with Crippen LogP contribution >= 0.6 is 0 Å². The van der Waals surface area contributed by atoms with Gasteiger partial charge in [0.2, 0.25) is 0 Å². The van der Waals surface area contributed by atoms with E-state index in [0.717, 1.165) is 17.1 Å². The van der Waals surface area contributed by atoms with Crippen molar-refractivity contribution in [3.05, 3.63) is 237 Å². The molecular formula is C56H39N. The molecular weight excluding hydrogens is 687 g/mol. The Bertz CT molecular complexity index is 2890. The summed E-state index contributed by atoms with van der Waals surface area (Å²) in [5.74, 6) is 0. The van der Waals surface area contributed by atoms with Crippen molar-refractivity contribution >= 4 is 38.6 Å². The molecule has 268 valence electrons. The van der Waals surface area contributed by atoms with Crippen molar-refractivity contribution in [2.45, 2.75) is 0 Å². The summed E-state index contributed by atoms with van der Waals surface area (Å²) >= 11 is 0. The fourth-order valence-electron chi connectivity index (χ4n) is 8.23. The van der Waals surface area contributed by atoms with E-state index in [4.69, 9.17) is 0 Å². The zero-order valence-corrected chi connectivity index (χ0v) is 31.5. The topological polar surface area (TPSA) is 3.24 Å². The predicted molar refractivity (Wildman–Crippen MR) is 243 cm³/mol. The van der Waals surface area contributed by atoms with Gasteiger partial charge in [0, 0.05) is 17.1 Å². The van der Waals surface area contributed by atoms with Gasteiger partial charge in [-0.2, -0.15) is 0 Å². The van der Waals surface area contributed by atoms with Gasteiger partial charge >= 0.3 is 0 Å². The number of hydrogen-bond acceptors (Lipinski definition) is 1. The molecule has 0 saturated heterocycles. The summed E-state index contributed by atoms with van der Waals surface area (Å²) in [5, 5.41) is 5.01. The van der Waals surface area contributed by atoms with Gasteiger partial charge in [-0.3, -0.25) is 0 Å². The number of benzene rings is 10. The molecule has 0 aliphatic heterocycles. The number of fused-ring (bicyclic) bond motifs is 3. The minimum Gasteiger partial charge on any atom is -0.310 e. The maximum atomic E-state index is 2.39. The lowest BCUT2D eigenvalue weighted by Crippen LogP contribution is -2.10. The molecule has 0 heterocycles. The Kier molecular flexibility index (Phi) is 8.95. The van der Waals surface area contributed by atoms with Gasteiger partial charge in [-0.1, -0.05) is 188 Å². The van der Waals surface area contributed by atoms with E-state index in [1.54, 1.807) is 0 Å². The van der Waals surface area contributed by atoms with Crippen molar-refractivity contribution < 1.29 is 0 Å². The minimum absolute atomic E-state index is 1.09. The van der Waals surface area contributed by atoms with Crippen LogP contribution in [0.5, 0.6) is 0 Å². The normalized spacial score (nSPS) is 11.2. The van der Waals surface area contributed by atoms with E-state index in [2.05, 4.69) is 241 Å².